The number of rotatable bonds is 4. The average Bonchev–Trinajstić information content (AvgIpc) is 2.57. The van der Waals surface area contributed by atoms with Crippen LogP contribution in [-0.4, -0.2) is 17.9 Å². The van der Waals surface area contributed by atoms with Gasteiger partial charge in [0.15, 0.2) is 0 Å². The van der Waals surface area contributed by atoms with Crippen LogP contribution in [0.4, 0.5) is 0 Å². The van der Waals surface area contributed by atoms with E-state index in [2.05, 4.69) is 18.2 Å². The highest BCUT2D eigenvalue weighted by atomic mass is 35.5. The third-order valence-electron chi connectivity index (χ3n) is 4.01. The van der Waals surface area contributed by atoms with Gasteiger partial charge in [-0.25, -0.2) is 0 Å². The summed E-state index contributed by atoms with van der Waals surface area (Å²) >= 11 is 6.17. The highest BCUT2D eigenvalue weighted by Crippen LogP contribution is 2.20. The fourth-order valence-electron chi connectivity index (χ4n) is 2.71. The number of carbonyl (C=O) groups excluding carboxylic acids is 1. The Morgan fingerprint density at radius 2 is 1.57 bits per heavy atom. The molecule has 2 nitrogen and oxygen atoms in total. The lowest BCUT2D eigenvalue weighted by atomic mass is 10.0. The van der Waals surface area contributed by atoms with Crippen LogP contribution < -0.4 is 0 Å². The summed E-state index contributed by atoms with van der Waals surface area (Å²) in [6, 6.07) is 21.8. The van der Waals surface area contributed by atoms with Gasteiger partial charge in [0, 0.05) is 18.6 Å². The summed E-state index contributed by atoms with van der Waals surface area (Å²) in [7, 11) is 1.82. The molecule has 3 heteroatoms. The van der Waals surface area contributed by atoms with Gasteiger partial charge in [0.1, 0.15) is 0 Å². The number of hydrogen-bond donors (Lipinski definition) is 0. The smallest absolute Gasteiger partial charge is 0.227 e. The van der Waals surface area contributed by atoms with Gasteiger partial charge < -0.3 is 4.90 Å². The van der Waals surface area contributed by atoms with E-state index in [4.69, 9.17) is 11.6 Å². The van der Waals surface area contributed by atoms with E-state index in [0.717, 1.165) is 21.9 Å². The molecule has 0 heterocycles. The minimum Gasteiger partial charge on any atom is -0.341 e. The van der Waals surface area contributed by atoms with E-state index in [1.165, 1.54) is 0 Å². The van der Waals surface area contributed by atoms with Crippen molar-refractivity contribution in [3.05, 3.63) is 82.9 Å². The van der Waals surface area contributed by atoms with Crippen LogP contribution in [0.15, 0.2) is 66.7 Å². The van der Waals surface area contributed by atoms with Crippen molar-refractivity contribution in [1.82, 2.24) is 4.90 Å². The first-order chi connectivity index (χ1) is 11.1. The third-order valence-corrected chi connectivity index (χ3v) is 4.38. The molecule has 0 spiro atoms. The summed E-state index contributed by atoms with van der Waals surface area (Å²) < 4.78 is 0. The number of carbonyl (C=O) groups is 1. The lowest BCUT2D eigenvalue weighted by molar-refractivity contribution is -0.129. The Hall–Kier alpha value is -2.32. The van der Waals surface area contributed by atoms with Crippen molar-refractivity contribution in [3.63, 3.8) is 0 Å². The molecule has 3 aromatic rings. The normalized spacial score (nSPS) is 10.7. The van der Waals surface area contributed by atoms with E-state index in [1.54, 1.807) is 4.90 Å². The number of benzene rings is 3. The Morgan fingerprint density at radius 1 is 0.913 bits per heavy atom. The Bertz CT molecular complexity index is 838. The predicted molar refractivity (Wildman–Crippen MR) is 95.6 cm³/mol. The molecule has 0 aromatic heterocycles. The molecule has 0 radical (unpaired) electrons. The molecule has 0 saturated carbocycles. The molecule has 0 N–H and O–H groups in total. The topological polar surface area (TPSA) is 20.3 Å². The maximum atomic E-state index is 12.6. The molecule has 0 bridgehead atoms. The van der Waals surface area contributed by atoms with E-state index in [1.807, 2.05) is 55.6 Å². The van der Waals surface area contributed by atoms with Crippen molar-refractivity contribution in [1.29, 1.82) is 0 Å². The Kier molecular flexibility index (Phi) is 4.63. The van der Waals surface area contributed by atoms with Crippen molar-refractivity contribution < 1.29 is 4.79 Å². The maximum Gasteiger partial charge on any atom is 0.227 e. The summed E-state index contributed by atoms with van der Waals surface area (Å²) in [5.41, 5.74) is 2.02. The molecule has 0 aliphatic heterocycles. The number of likely N-dealkylation sites (N-methyl/N-ethyl adjacent to an activating group) is 1. The molecule has 0 unspecified atom stereocenters. The Morgan fingerprint density at radius 3 is 2.39 bits per heavy atom. The molecule has 0 saturated heterocycles. The van der Waals surface area contributed by atoms with Crippen LogP contribution >= 0.6 is 11.6 Å². The summed E-state index contributed by atoms with van der Waals surface area (Å²) in [6.45, 7) is 0.517. The number of amides is 1. The second-order valence-electron chi connectivity index (χ2n) is 5.66. The van der Waals surface area contributed by atoms with Gasteiger partial charge in [-0.1, -0.05) is 72.3 Å². The van der Waals surface area contributed by atoms with E-state index >= 15 is 0 Å². The number of nitrogens with zero attached hydrogens (tertiary/aromatic N) is 1. The van der Waals surface area contributed by atoms with Crippen molar-refractivity contribution in [2.45, 2.75) is 13.0 Å². The van der Waals surface area contributed by atoms with Crippen molar-refractivity contribution in [2.24, 2.45) is 0 Å². The second kappa shape index (κ2) is 6.84. The first-order valence-corrected chi connectivity index (χ1v) is 7.97. The molecule has 0 aliphatic carbocycles. The minimum absolute atomic E-state index is 0.0845. The fourth-order valence-corrected chi connectivity index (χ4v) is 2.91. The summed E-state index contributed by atoms with van der Waals surface area (Å²) in [6.07, 6.45) is 0.391. The van der Waals surface area contributed by atoms with Gasteiger partial charge in [-0.05, 0) is 28.0 Å². The summed E-state index contributed by atoms with van der Waals surface area (Å²) in [5, 5.41) is 2.98. The van der Waals surface area contributed by atoms with E-state index in [0.29, 0.717) is 18.0 Å². The van der Waals surface area contributed by atoms with Crippen molar-refractivity contribution in [2.75, 3.05) is 7.05 Å². The van der Waals surface area contributed by atoms with E-state index in [9.17, 15) is 4.79 Å². The molecule has 3 rings (SSSR count). The van der Waals surface area contributed by atoms with Crippen molar-refractivity contribution in [3.8, 4) is 0 Å². The highest BCUT2D eigenvalue weighted by molar-refractivity contribution is 6.31. The maximum absolute atomic E-state index is 12.6. The van der Waals surface area contributed by atoms with E-state index in [-0.39, 0.29) is 5.91 Å². The Balaban J connectivity index is 1.77. The standard InChI is InChI=1S/C20H18ClNO/c1-22(14-17-8-3-5-12-19(17)21)20(23)13-16-10-6-9-15-7-2-4-11-18(15)16/h2-12H,13-14H2,1H3. The molecular formula is C20H18ClNO. The molecule has 0 atom stereocenters. The summed E-state index contributed by atoms with van der Waals surface area (Å²) in [5.74, 6) is 0.0845. The quantitative estimate of drug-likeness (QED) is 0.682. The van der Waals surface area contributed by atoms with Crippen molar-refractivity contribution >= 4 is 28.3 Å². The van der Waals surface area contributed by atoms with Crippen LogP contribution in [0, 0.1) is 0 Å². The van der Waals surface area contributed by atoms with Crippen LogP contribution in [0.1, 0.15) is 11.1 Å². The summed E-state index contributed by atoms with van der Waals surface area (Å²) in [4.78, 5) is 14.3. The van der Waals surface area contributed by atoms with Gasteiger partial charge >= 0.3 is 0 Å². The minimum atomic E-state index is 0.0845. The van der Waals surface area contributed by atoms with E-state index < -0.39 is 0 Å². The van der Waals surface area contributed by atoms with Gasteiger partial charge in [0.05, 0.1) is 6.42 Å². The van der Waals surface area contributed by atoms with Crippen LogP contribution in [0.25, 0.3) is 10.8 Å². The molecule has 0 aliphatic rings. The second-order valence-corrected chi connectivity index (χ2v) is 6.06. The zero-order valence-corrected chi connectivity index (χ0v) is 13.8. The van der Waals surface area contributed by atoms with Gasteiger partial charge in [-0.15, -0.1) is 0 Å². The van der Waals surface area contributed by atoms with Gasteiger partial charge in [0.2, 0.25) is 5.91 Å². The van der Waals surface area contributed by atoms with Crippen LogP contribution in [0.2, 0.25) is 5.02 Å². The number of halogens is 1. The molecule has 0 fully saturated rings. The SMILES string of the molecule is CN(Cc1ccccc1Cl)C(=O)Cc1cccc2ccccc12. The Labute approximate surface area is 141 Å². The van der Waals surface area contributed by atoms with Gasteiger partial charge in [-0.2, -0.15) is 0 Å². The average molecular weight is 324 g/mol. The van der Waals surface area contributed by atoms with Crippen LogP contribution in [0.5, 0.6) is 0 Å². The van der Waals surface area contributed by atoms with Crippen LogP contribution in [0.3, 0.4) is 0 Å². The lowest BCUT2D eigenvalue weighted by Gasteiger charge is -2.18. The third kappa shape index (κ3) is 3.54. The fraction of sp³-hybridized carbons (Fsp3) is 0.150. The first kappa shape index (κ1) is 15.6. The lowest BCUT2D eigenvalue weighted by Crippen LogP contribution is -2.27. The zero-order valence-electron chi connectivity index (χ0n) is 13.0. The van der Waals surface area contributed by atoms with Gasteiger partial charge in [0.25, 0.3) is 0 Å². The number of hydrogen-bond acceptors (Lipinski definition) is 1. The molecule has 1 amide bonds. The van der Waals surface area contributed by atoms with Gasteiger partial charge in [-0.3, -0.25) is 4.79 Å². The monoisotopic (exact) mass is 323 g/mol. The predicted octanol–water partition coefficient (Wildman–Crippen LogP) is 4.69. The molecular weight excluding hydrogens is 306 g/mol. The highest BCUT2D eigenvalue weighted by Gasteiger charge is 2.13. The first-order valence-electron chi connectivity index (χ1n) is 7.59. The van der Waals surface area contributed by atoms with Crippen LogP contribution in [-0.2, 0) is 17.8 Å². The molecule has 3 aromatic carbocycles. The largest absolute Gasteiger partial charge is 0.341 e. The number of fused-ring (bicyclic) bond motifs is 1. The zero-order chi connectivity index (χ0) is 16.2. The molecule has 23 heavy (non-hydrogen) atoms. The molecule has 116 valence electrons.